The fraction of sp³-hybridized carbons (Fsp3) is 0.600. The van der Waals surface area contributed by atoms with E-state index in [4.69, 9.17) is 0 Å². The average molecular weight is 294 g/mol. The zero-order valence-corrected chi connectivity index (χ0v) is 11.8. The van der Waals surface area contributed by atoms with Crippen molar-refractivity contribution < 1.29 is 0 Å². The van der Waals surface area contributed by atoms with Crippen LogP contribution in [-0.4, -0.2) is 18.8 Å². The molecule has 0 aromatic carbocycles. The molecule has 1 aromatic heterocycles. The van der Waals surface area contributed by atoms with E-state index in [1.807, 2.05) is 11.3 Å². The number of thiol groups is 1. The van der Waals surface area contributed by atoms with Crippen LogP contribution in [0.5, 0.6) is 0 Å². The van der Waals surface area contributed by atoms with Crippen molar-refractivity contribution in [3.63, 3.8) is 0 Å². The minimum Gasteiger partial charge on any atom is -0.315 e. The number of nitrogens with one attached hydrogen (secondary N) is 1. The summed E-state index contributed by atoms with van der Waals surface area (Å²) in [6.07, 6.45) is 0. The Bertz CT molecular complexity index is 283. The smallest absolute Gasteiger partial charge is 0.0701 e. The summed E-state index contributed by atoms with van der Waals surface area (Å²) in [7, 11) is 0. The zero-order chi connectivity index (χ0) is 10.6. The van der Waals surface area contributed by atoms with E-state index < -0.39 is 0 Å². The van der Waals surface area contributed by atoms with Gasteiger partial charge in [0.15, 0.2) is 0 Å². The summed E-state index contributed by atoms with van der Waals surface area (Å²) in [5, 5.41) is 3.40. The molecule has 0 aliphatic heterocycles. The van der Waals surface area contributed by atoms with E-state index in [9.17, 15) is 0 Å². The van der Waals surface area contributed by atoms with E-state index in [0.717, 1.165) is 18.8 Å². The van der Waals surface area contributed by atoms with Crippen molar-refractivity contribution in [1.29, 1.82) is 0 Å². The molecule has 0 aliphatic carbocycles. The monoisotopic (exact) mass is 293 g/mol. The van der Waals surface area contributed by atoms with Crippen LogP contribution >= 0.6 is 39.9 Å². The van der Waals surface area contributed by atoms with Gasteiger partial charge in [-0.2, -0.15) is 12.6 Å². The van der Waals surface area contributed by atoms with Crippen LogP contribution < -0.4 is 5.32 Å². The average Bonchev–Trinajstić information content (AvgIpc) is 2.53. The molecule has 0 saturated carbocycles. The fourth-order valence-corrected chi connectivity index (χ4v) is 2.89. The van der Waals surface area contributed by atoms with Crippen molar-refractivity contribution in [3.8, 4) is 0 Å². The number of rotatable bonds is 5. The molecule has 0 bridgehead atoms. The molecule has 0 spiro atoms. The van der Waals surface area contributed by atoms with Crippen molar-refractivity contribution in [1.82, 2.24) is 5.32 Å². The van der Waals surface area contributed by atoms with Crippen LogP contribution in [0.1, 0.15) is 18.7 Å². The molecular formula is C10H16BrNS2. The van der Waals surface area contributed by atoms with E-state index in [1.165, 1.54) is 8.66 Å². The third-order valence-electron chi connectivity index (χ3n) is 2.10. The van der Waals surface area contributed by atoms with E-state index >= 15 is 0 Å². The minimum absolute atomic E-state index is 0.208. The van der Waals surface area contributed by atoms with Crippen molar-refractivity contribution >= 4 is 39.9 Å². The number of hydrogen-bond donors (Lipinski definition) is 2. The second-order valence-electron chi connectivity index (χ2n) is 3.89. The second-order valence-corrected chi connectivity index (χ2v) is 6.80. The summed E-state index contributed by atoms with van der Waals surface area (Å²) in [5.41, 5.74) is 0.208. The topological polar surface area (TPSA) is 12.0 Å². The Labute approximate surface area is 104 Å². The molecule has 1 nitrogen and oxygen atoms in total. The van der Waals surface area contributed by atoms with Gasteiger partial charge in [0.25, 0.3) is 0 Å². The number of halogens is 1. The highest BCUT2D eigenvalue weighted by molar-refractivity contribution is 9.11. The van der Waals surface area contributed by atoms with Gasteiger partial charge in [0.2, 0.25) is 0 Å². The molecule has 0 aliphatic rings. The highest BCUT2D eigenvalue weighted by Crippen LogP contribution is 2.32. The summed E-state index contributed by atoms with van der Waals surface area (Å²) in [4.78, 5) is 1.41. The van der Waals surface area contributed by atoms with Gasteiger partial charge in [-0.1, -0.05) is 13.8 Å². The first kappa shape index (κ1) is 12.6. The molecule has 0 saturated heterocycles. The van der Waals surface area contributed by atoms with Gasteiger partial charge in [0, 0.05) is 29.1 Å². The third-order valence-corrected chi connectivity index (χ3v) is 4.31. The van der Waals surface area contributed by atoms with Crippen molar-refractivity contribution in [2.45, 2.75) is 19.3 Å². The Balaban J connectivity index is 2.56. The van der Waals surface area contributed by atoms with Gasteiger partial charge in [0.1, 0.15) is 0 Å². The van der Waals surface area contributed by atoms with Crippen molar-refractivity contribution in [2.24, 2.45) is 0 Å². The molecule has 1 heterocycles. The Morgan fingerprint density at radius 3 is 2.71 bits per heavy atom. The summed E-state index contributed by atoms with van der Waals surface area (Å²) in [6.45, 7) is 6.49. The van der Waals surface area contributed by atoms with Gasteiger partial charge in [-0.3, -0.25) is 0 Å². The maximum atomic E-state index is 4.17. The molecule has 1 rings (SSSR count). The zero-order valence-electron chi connectivity index (χ0n) is 8.51. The molecule has 14 heavy (non-hydrogen) atoms. The van der Waals surface area contributed by atoms with E-state index in [0.29, 0.717) is 0 Å². The largest absolute Gasteiger partial charge is 0.315 e. The normalized spacial score (nSPS) is 12.0. The molecule has 0 amide bonds. The summed E-state index contributed by atoms with van der Waals surface area (Å²) < 4.78 is 1.20. The first-order valence-electron chi connectivity index (χ1n) is 4.63. The summed E-state index contributed by atoms with van der Waals surface area (Å²) in [5.74, 6) is 0.893. The van der Waals surface area contributed by atoms with Crippen molar-refractivity contribution in [3.05, 3.63) is 20.8 Å². The molecule has 1 aromatic rings. The van der Waals surface area contributed by atoms with Gasteiger partial charge < -0.3 is 5.32 Å². The molecule has 0 atom stereocenters. The van der Waals surface area contributed by atoms with Crippen LogP contribution in [0.25, 0.3) is 0 Å². The maximum Gasteiger partial charge on any atom is 0.0701 e. The first-order valence-corrected chi connectivity index (χ1v) is 6.88. The molecule has 0 fully saturated rings. The van der Waals surface area contributed by atoms with Gasteiger partial charge in [-0.25, -0.2) is 0 Å². The van der Waals surface area contributed by atoms with Gasteiger partial charge in [-0.05, 0) is 28.1 Å². The molecule has 80 valence electrons. The second kappa shape index (κ2) is 5.54. The highest BCUT2D eigenvalue weighted by atomic mass is 79.9. The van der Waals surface area contributed by atoms with Crippen LogP contribution in [0.15, 0.2) is 15.9 Å². The van der Waals surface area contributed by atoms with Crippen LogP contribution in [0.2, 0.25) is 0 Å². The standard InChI is InChI=1S/C10H16BrNS2/c1-10(2,7-12-5-6-13)8-3-4-9(11)14-8/h3-4,12-13H,5-7H2,1-2H3. The molecule has 1 N–H and O–H groups in total. The van der Waals surface area contributed by atoms with E-state index in [2.05, 4.69) is 59.9 Å². The molecule has 0 radical (unpaired) electrons. The van der Waals surface area contributed by atoms with Crippen LogP contribution in [0.3, 0.4) is 0 Å². The van der Waals surface area contributed by atoms with Crippen LogP contribution in [0, 0.1) is 0 Å². The number of thiophene rings is 1. The predicted molar refractivity (Wildman–Crippen MR) is 71.8 cm³/mol. The Hall–Kier alpha value is 0.490. The minimum atomic E-state index is 0.208. The predicted octanol–water partition coefficient (Wildman–Crippen LogP) is 3.31. The molecule has 4 heteroatoms. The van der Waals surface area contributed by atoms with E-state index in [-0.39, 0.29) is 5.41 Å². The SMILES string of the molecule is CC(C)(CNCCS)c1ccc(Br)s1. The quantitative estimate of drug-likeness (QED) is 0.627. The van der Waals surface area contributed by atoms with Crippen LogP contribution in [-0.2, 0) is 5.41 Å². The summed E-state index contributed by atoms with van der Waals surface area (Å²) >= 11 is 9.48. The van der Waals surface area contributed by atoms with Gasteiger partial charge in [0.05, 0.1) is 3.79 Å². The maximum absolute atomic E-state index is 4.17. The fourth-order valence-electron chi connectivity index (χ4n) is 1.25. The summed E-state index contributed by atoms with van der Waals surface area (Å²) in [6, 6.07) is 4.30. The first-order chi connectivity index (χ1) is 6.56. The highest BCUT2D eigenvalue weighted by Gasteiger charge is 2.21. The van der Waals surface area contributed by atoms with Gasteiger partial charge in [-0.15, -0.1) is 11.3 Å². The number of hydrogen-bond acceptors (Lipinski definition) is 3. The lowest BCUT2D eigenvalue weighted by Gasteiger charge is -2.23. The lowest BCUT2D eigenvalue weighted by molar-refractivity contribution is 0.487. The van der Waals surface area contributed by atoms with Gasteiger partial charge >= 0.3 is 0 Å². The Morgan fingerprint density at radius 2 is 2.21 bits per heavy atom. The third kappa shape index (κ3) is 3.57. The Kier molecular flexibility index (Phi) is 4.97. The van der Waals surface area contributed by atoms with Crippen molar-refractivity contribution in [2.75, 3.05) is 18.8 Å². The molecule has 0 unspecified atom stereocenters. The molecular weight excluding hydrogens is 278 g/mol. The van der Waals surface area contributed by atoms with E-state index in [1.54, 1.807) is 0 Å². The Morgan fingerprint density at radius 1 is 1.50 bits per heavy atom. The lowest BCUT2D eigenvalue weighted by atomic mass is 9.91. The lowest BCUT2D eigenvalue weighted by Crippen LogP contribution is -2.33. The van der Waals surface area contributed by atoms with Crippen LogP contribution in [0.4, 0.5) is 0 Å².